The fourth-order valence-corrected chi connectivity index (χ4v) is 2.71. The van der Waals surface area contributed by atoms with E-state index in [0.717, 1.165) is 21.2 Å². The summed E-state index contributed by atoms with van der Waals surface area (Å²) in [6, 6.07) is 5.93. The van der Waals surface area contributed by atoms with Crippen molar-refractivity contribution >= 4 is 27.2 Å². The van der Waals surface area contributed by atoms with Gasteiger partial charge in [-0.3, -0.25) is 4.98 Å². The number of hydrogen-bond acceptors (Lipinski definition) is 4. The molecule has 0 aliphatic carbocycles. The van der Waals surface area contributed by atoms with E-state index in [2.05, 4.69) is 15.3 Å². The fourth-order valence-electron chi connectivity index (χ4n) is 1.74. The lowest BCUT2D eigenvalue weighted by Gasteiger charge is -2.00. The third-order valence-electron chi connectivity index (χ3n) is 2.49. The largest absolute Gasteiger partial charge is 0.383 e. The Morgan fingerprint density at radius 1 is 1.19 bits per heavy atom. The molecule has 0 radical (unpaired) electrons. The van der Waals surface area contributed by atoms with Crippen LogP contribution in [0.5, 0.6) is 0 Å². The van der Waals surface area contributed by atoms with Gasteiger partial charge in [0.05, 0.1) is 0 Å². The van der Waals surface area contributed by atoms with Crippen LogP contribution in [0.1, 0.15) is 0 Å². The van der Waals surface area contributed by atoms with E-state index in [1.807, 2.05) is 24.4 Å². The van der Waals surface area contributed by atoms with Crippen LogP contribution in [0, 0.1) is 0 Å². The molecule has 0 saturated carbocycles. The average molecular weight is 227 g/mol. The van der Waals surface area contributed by atoms with Crippen LogP contribution in [0.15, 0.2) is 42.2 Å². The Balaban J connectivity index is 2.33. The number of nitrogen functional groups attached to an aromatic ring is 1. The molecule has 78 valence electrons. The van der Waals surface area contributed by atoms with Crippen LogP contribution in [0.25, 0.3) is 21.2 Å². The predicted molar refractivity (Wildman–Crippen MR) is 67.3 cm³/mol. The minimum atomic E-state index is 0.581. The molecular formula is C12H9N3S. The van der Waals surface area contributed by atoms with Gasteiger partial charge in [-0.25, -0.2) is 4.98 Å². The topological polar surface area (TPSA) is 51.8 Å². The third kappa shape index (κ3) is 1.35. The Morgan fingerprint density at radius 3 is 2.94 bits per heavy atom. The highest BCUT2D eigenvalue weighted by molar-refractivity contribution is 7.17. The molecule has 0 saturated heterocycles. The molecular weight excluding hydrogens is 218 g/mol. The summed E-state index contributed by atoms with van der Waals surface area (Å²) in [5, 5.41) is 3.13. The molecule has 0 aromatic carbocycles. The smallest absolute Gasteiger partial charge is 0.132 e. The monoisotopic (exact) mass is 227 g/mol. The maximum absolute atomic E-state index is 5.91. The number of rotatable bonds is 1. The van der Waals surface area contributed by atoms with Gasteiger partial charge in [-0.2, -0.15) is 0 Å². The van der Waals surface area contributed by atoms with Gasteiger partial charge in [-0.05, 0) is 17.5 Å². The lowest BCUT2D eigenvalue weighted by molar-refractivity contribution is 1.33. The lowest BCUT2D eigenvalue weighted by atomic mass is 10.1. The van der Waals surface area contributed by atoms with E-state index >= 15 is 0 Å². The van der Waals surface area contributed by atoms with Crippen molar-refractivity contribution in [2.45, 2.75) is 0 Å². The molecule has 3 aromatic heterocycles. The van der Waals surface area contributed by atoms with Gasteiger partial charge in [0.15, 0.2) is 0 Å². The highest BCUT2D eigenvalue weighted by Gasteiger charge is 2.09. The second-order valence-electron chi connectivity index (χ2n) is 3.46. The maximum Gasteiger partial charge on any atom is 0.132 e. The van der Waals surface area contributed by atoms with E-state index in [1.54, 1.807) is 23.7 Å². The maximum atomic E-state index is 5.91. The molecule has 0 spiro atoms. The van der Waals surface area contributed by atoms with Crippen LogP contribution in [0.4, 0.5) is 5.82 Å². The molecule has 4 heteroatoms. The minimum absolute atomic E-state index is 0.581. The van der Waals surface area contributed by atoms with E-state index in [1.165, 1.54) is 0 Å². The molecule has 16 heavy (non-hydrogen) atoms. The van der Waals surface area contributed by atoms with Crippen LogP contribution in [-0.4, -0.2) is 9.97 Å². The molecule has 3 heterocycles. The zero-order valence-electron chi connectivity index (χ0n) is 8.42. The summed E-state index contributed by atoms with van der Waals surface area (Å²) in [4.78, 5) is 8.25. The molecule has 3 nitrogen and oxygen atoms in total. The van der Waals surface area contributed by atoms with Crippen LogP contribution >= 0.6 is 11.3 Å². The number of fused-ring (bicyclic) bond motifs is 1. The fraction of sp³-hybridized carbons (Fsp3) is 0. The molecule has 0 bridgehead atoms. The number of anilines is 1. The summed E-state index contributed by atoms with van der Waals surface area (Å²) in [7, 11) is 0. The summed E-state index contributed by atoms with van der Waals surface area (Å²) in [6.07, 6.45) is 5.34. The summed E-state index contributed by atoms with van der Waals surface area (Å²) < 4.78 is 1.16. The first-order chi connectivity index (χ1) is 7.86. The van der Waals surface area contributed by atoms with Crippen molar-refractivity contribution in [2.75, 3.05) is 5.73 Å². The van der Waals surface area contributed by atoms with Crippen LogP contribution in [-0.2, 0) is 0 Å². The zero-order chi connectivity index (χ0) is 11.0. The molecule has 0 unspecified atom stereocenters. The summed E-state index contributed by atoms with van der Waals surface area (Å²) in [5.41, 5.74) is 8.10. The highest BCUT2D eigenvalue weighted by atomic mass is 32.1. The second kappa shape index (κ2) is 3.57. The van der Waals surface area contributed by atoms with Crippen molar-refractivity contribution in [2.24, 2.45) is 0 Å². The van der Waals surface area contributed by atoms with Crippen LogP contribution in [0.2, 0.25) is 0 Å². The van der Waals surface area contributed by atoms with Gasteiger partial charge in [-0.15, -0.1) is 11.3 Å². The number of thiophene rings is 1. The Kier molecular flexibility index (Phi) is 2.08. The van der Waals surface area contributed by atoms with E-state index in [4.69, 9.17) is 5.73 Å². The Bertz CT molecular complexity index is 631. The molecule has 0 atom stereocenters. The molecule has 2 N–H and O–H groups in total. The van der Waals surface area contributed by atoms with E-state index < -0.39 is 0 Å². The van der Waals surface area contributed by atoms with Gasteiger partial charge < -0.3 is 5.73 Å². The first-order valence-corrected chi connectivity index (χ1v) is 5.76. The average Bonchev–Trinajstić information content (AvgIpc) is 2.75. The number of nitrogens with two attached hydrogens (primary N) is 1. The number of hydrogen-bond donors (Lipinski definition) is 1. The summed E-state index contributed by atoms with van der Waals surface area (Å²) in [5.74, 6) is 0.581. The zero-order valence-corrected chi connectivity index (χ0v) is 9.24. The van der Waals surface area contributed by atoms with Gasteiger partial charge in [0, 0.05) is 39.8 Å². The van der Waals surface area contributed by atoms with E-state index in [9.17, 15) is 0 Å². The van der Waals surface area contributed by atoms with E-state index in [-0.39, 0.29) is 0 Å². The van der Waals surface area contributed by atoms with Crippen LogP contribution in [0.3, 0.4) is 0 Å². The number of nitrogens with zero attached hydrogens (tertiary/aromatic N) is 2. The van der Waals surface area contributed by atoms with Gasteiger partial charge in [0.2, 0.25) is 0 Å². The van der Waals surface area contributed by atoms with Crippen molar-refractivity contribution in [3.8, 4) is 11.1 Å². The first kappa shape index (κ1) is 9.30. The van der Waals surface area contributed by atoms with E-state index in [0.29, 0.717) is 5.82 Å². The first-order valence-electron chi connectivity index (χ1n) is 4.88. The molecule has 0 aliphatic rings. The third-order valence-corrected chi connectivity index (χ3v) is 3.44. The molecule has 0 aliphatic heterocycles. The second-order valence-corrected chi connectivity index (χ2v) is 4.37. The standard InChI is InChI=1S/C12H9N3S/c13-12-11-9(8-2-1-4-14-6-8)7-16-10(11)3-5-15-12/h1-7H,(H2,13,15). The van der Waals surface area contributed by atoms with Crippen molar-refractivity contribution < 1.29 is 0 Å². The SMILES string of the molecule is Nc1nccc2scc(-c3cccnc3)c12. The Hall–Kier alpha value is -1.94. The number of aromatic nitrogens is 2. The predicted octanol–water partition coefficient (Wildman–Crippen LogP) is 2.94. The summed E-state index contributed by atoms with van der Waals surface area (Å²) >= 11 is 1.68. The van der Waals surface area contributed by atoms with Crippen molar-refractivity contribution in [3.05, 3.63) is 42.2 Å². The Labute approximate surface area is 96.6 Å². The highest BCUT2D eigenvalue weighted by Crippen LogP contribution is 2.35. The molecule has 3 aromatic rings. The van der Waals surface area contributed by atoms with Gasteiger partial charge >= 0.3 is 0 Å². The van der Waals surface area contributed by atoms with Crippen molar-refractivity contribution in [1.29, 1.82) is 0 Å². The minimum Gasteiger partial charge on any atom is -0.383 e. The quantitative estimate of drug-likeness (QED) is 0.695. The van der Waals surface area contributed by atoms with Gasteiger partial charge in [0.1, 0.15) is 5.82 Å². The number of pyridine rings is 2. The normalized spacial score (nSPS) is 10.8. The van der Waals surface area contributed by atoms with Gasteiger partial charge in [-0.1, -0.05) is 6.07 Å². The molecule has 3 rings (SSSR count). The Morgan fingerprint density at radius 2 is 2.12 bits per heavy atom. The lowest BCUT2D eigenvalue weighted by Crippen LogP contribution is -1.90. The molecule has 0 amide bonds. The summed E-state index contributed by atoms with van der Waals surface area (Å²) in [6.45, 7) is 0. The van der Waals surface area contributed by atoms with Crippen molar-refractivity contribution in [3.63, 3.8) is 0 Å². The van der Waals surface area contributed by atoms with Crippen molar-refractivity contribution in [1.82, 2.24) is 9.97 Å². The van der Waals surface area contributed by atoms with Crippen LogP contribution < -0.4 is 5.73 Å². The van der Waals surface area contributed by atoms with Gasteiger partial charge in [0.25, 0.3) is 0 Å². The molecule has 0 fully saturated rings.